The van der Waals surface area contributed by atoms with E-state index in [0.29, 0.717) is 30.0 Å². The number of carbonyl (C=O) groups is 1. The molecule has 1 aromatic carbocycles. The Morgan fingerprint density at radius 1 is 1.29 bits per heavy atom. The lowest BCUT2D eigenvalue weighted by Crippen LogP contribution is -2.16. The fraction of sp³-hybridized carbons (Fsp3) is 0.421. The van der Waals surface area contributed by atoms with Gasteiger partial charge in [0.15, 0.2) is 9.84 Å². The molecular formula is C19H25FN2O4S2. The van der Waals surface area contributed by atoms with E-state index in [1.165, 1.54) is 16.8 Å². The fourth-order valence-electron chi connectivity index (χ4n) is 3.26. The van der Waals surface area contributed by atoms with Gasteiger partial charge in [-0.1, -0.05) is 0 Å². The van der Waals surface area contributed by atoms with E-state index in [1.807, 2.05) is 0 Å². The quantitative estimate of drug-likeness (QED) is 0.794. The molecule has 1 N–H and O–H groups in total. The first-order chi connectivity index (χ1) is 12.7. The number of hydrogen-bond acceptors (Lipinski definition) is 4. The SMILES string of the molecule is Cc1cc(NC(=O)c2cc(S(=O)(=O)C[C@H]3CCOC3)cn2C)cc(C)c1F.S. The van der Waals surface area contributed by atoms with Crippen molar-refractivity contribution in [3.8, 4) is 0 Å². The first-order valence-corrected chi connectivity index (χ1v) is 10.4. The second-order valence-corrected chi connectivity index (χ2v) is 9.10. The molecule has 0 unspecified atom stereocenters. The molecule has 1 amide bonds. The number of benzene rings is 1. The van der Waals surface area contributed by atoms with Crippen molar-refractivity contribution in [2.75, 3.05) is 24.3 Å². The van der Waals surface area contributed by atoms with Gasteiger partial charge in [0.25, 0.3) is 5.91 Å². The first kappa shape index (κ1) is 22.4. The summed E-state index contributed by atoms with van der Waals surface area (Å²) in [6.07, 6.45) is 2.17. The van der Waals surface area contributed by atoms with E-state index in [1.54, 1.807) is 33.0 Å². The van der Waals surface area contributed by atoms with Crippen LogP contribution in [0, 0.1) is 25.6 Å². The zero-order chi connectivity index (χ0) is 19.8. The number of sulfone groups is 1. The van der Waals surface area contributed by atoms with Crippen LogP contribution in [0.4, 0.5) is 10.1 Å². The molecule has 1 atom stereocenters. The topological polar surface area (TPSA) is 77.4 Å². The Labute approximate surface area is 171 Å². The lowest BCUT2D eigenvalue weighted by molar-refractivity contribution is 0.101. The largest absolute Gasteiger partial charge is 0.381 e. The van der Waals surface area contributed by atoms with E-state index in [-0.39, 0.29) is 41.6 Å². The lowest BCUT2D eigenvalue weighted by atomic mass is 10.1. The van der Waals surface area contributed by atoms with Crippen LogP contribution in [0.15, 0.2) is 29.3 Å². The van der Waals surface area contributed by atoms with Crippen LogP contribution in [0.2, 0.25) is 0 Å². The number of anilines is 1. The Balaban J connectivity index is 0.00000280. The molecular weight excluding hydrogens is 403 g/mol. The Bertz CT molecular complexity index is 957. The Kier molecular flexibility index (Phi) is 6.95. The maximum atomic E-state index is 13.7. The van der Waals surface area contributed by atoms with E-state index >= 15 is 0 Å². The van der Waals surface area contributed by atoms with E-state index in [0.717, 1.165) is 6.42 Å². The van der Waals surface area contributed by atoms with Crippen LogP contribution in [0.5, 0.6) is 0 Å². The van der Waals surface area contributed by atoms with Crippen molar-refractivity contribution < 1.29 is 22.3 Å². The van der Waals surface area contributed by atoms with Crippen LogP contribution < -0.4 is 5.32 Å². The second kappa shape index (κ2) is 8.67. The van der Waals surface area contributed by atoms with Crippen molar-refractivity contribution >= 4 is 34.9 Å². The summed E-state index contributed by atoms with van der Waals surface area (Å²) in [6.45, 7) is 4.28. The third-order valence-electron chi connectivity index (χ3n) is 4.75. The lowest BCUT2D eigenvalue weighted by Gasteiger charge is -2.09. The van der Waals surface area contributed by atoms with Gasteiger partial charge in [-0.05, 0) is 55.5 Å². The predicted octanol–water partition coefficient (Wildman–Crippen LogP) is 2.96. The van der Waals surface area contributed by atoms with Gasteiger partial charge >= 0.3 is 0 Å². The van der Waals surface area contributed by atoms with Crippen LogP contribution >= 0.6 is 13.5 Å². The van der Waals surface area contributed by atoms with Gasteiger partial charge in [0.05, 0.1) is 17.3 Å². The number of carbonyl (C=O) groups excluding carboxylic acids is 1. The summed E-state index contributed by atoms with van der Waals surface area (Å²) >= 11 is 0. The number of aromatic nitrogens is 1. The summed E-state index contributed by atoms with van der Waals surface area (Å²) < 4.78 is 45.7. The maximum Gasteiger partial charge on any atom is 0.272 e. The molecule has 6 nitrogen and oxygen atoms in total. The number of hydrogen-bond donors (Lipinski definition) is 1. The third kappa shape index (κ3) is 4.76. The molecule has 1 saturated heterocycles. The second-order valence-electron chi connectivity index (χ2n) is 7.06. The molecule has 0 radical (unpaired) electrons. The first-order valence-electron chi connectivity index (χ1n) is 8.72. The molecule has 9 heteroatoms. The smallest absolute Gasteiger partial charge is 0.272 e. The Morgan fingerprint density at radius 3 is 2.50 bits per heavy atom. The molecule has 154 valence electrons. The summed E-state index contributed by atoms with van der Waals surface area (Å²) in [6, 6.07) is 4.46. The highest BCUT2D eigenvalue weighted by Crippen LogP contribution is 2.23. The van der Waals surface area contributed by atoms with Crippen molar-refractivity contribution in [1.82, 2.24) is 4.57 Å². The Hall–Kier alpha value is -1.84. The van der Waals surface area contributed by atoms with Gasteiger partial charge in [-0.3, -0.25) is 4.79 Å². The zero-order valence-electron chi connectivity index (χ0n) is 16.1. The molecule has 1 aromatic heterocycles. The molecule has 28 heavy (non-hydrogen) atoms. The van der Waals surface area contributed by atoms with Crippen molar-refractivity contribution in [3.63, 3.8) is 0 Å². The maximum absolute atomic E-state index is 13.7. The number of nitrogens with one attached hydrogen (secondary N) is 1. The number of amides is 1. The monoisotopic (exact) mass is 428 g/mol. The van der Waals surface area contributed by atoms with E-state index in [4.69, 9.17) is 4.74 Å². The van der Waals surface area contributed by atoms with Crippen LogP contribution in [-0.4, -0.2) is 37.9 Å². The molecule has 0 spiro atoms. The van der Waals surface area contributed by atoms with Gasteiger partial charge in [0.2, 0.25) is 0 Å². The van der Waals surface area contributed by atoms with Crippen molar-refractivity contribution in [3.05, 3.63) is 47.0 Å². The summed E-state index contributed by atoms with van der Waals surface area (Å²) in [5.74, 6) is -0.767. The van der Waals surface area contributed by atoms with Gasteiger partial charge in [-0.25, -0.2) is 12.8 Å². The van der Waals surface area contributed by atoms with Crippen LogP contribution in [0.1, 0.15) is 28.0 Å². The predicted molar refractivity (Wildman–Crippen MR) is 111 cm³/mol. The highest BCUT2D eigenvalue weighted by molar-refractivity contribution is 7.91. The van der Waals surface area contributed by atoms with E-state index in [9.17, 15) is 17.6 Å². The van der Waals surface area contributed by atoms with Crippen molar-refractivity contribution in [1.29, 1.82) is 0 Å². The summed E-state index contributed by atoms with van der Waals surface area (Å²) in [7, 11) is -1.88. The molecule has 0 saturated carbocycles. The zero-order valence-corrected chi connectivity index (χ0v) is 17.9. The third-order valence-corrected chi connectivity index (χ3v) is 6.60. The summed E-state index contributed by atoms with van der Waals surface area (Å²) in [5, 5.41) is 2.70. The van der Waals surface area contributed by atoms with E-state index in [2.05, 4.69) is 5.32 Å². The number of ether oxygens (including phenoxy) is 1. The highest BCUT2D eigenvalue weighted by Gasteiger charge is 2.27. The minimum absolute atomic E-state index is 0. The van der Waals surface area contributed by atoms with Crippen LogP contribution in [0.3, 0.4) is 0 Å². The number of nitrogens with zero attached hydrogens (tertiary/aromatic N) is 1. The molecule has 1 aliphatic rings. The minimum Gasteiger partial charge on any atom is -0.381 e. The standard InChI is InChI=1S/C19H23FN2O4S.H2S/c1-12-6-15(7-13(2)18(12)20)21-19(23)17-8-16(9-22(17)3)27(24,25)11-14-4-5-26-10-14;/h6-9,14H,4-5,10-11H2,1-3H3,(H,21,23);1H2/t14-;/m0./s1. The van der Waals surface area contributed by atoms with Crippen LogP contribution in [0.25, 0.3) is 0 Å². The molecule has 1 aliphatic heterocycles. The molecule has 2 heterocycles. The van der Waals surface area contributed by atoms with E-state index < -0.39 is 15.7 Å². The average Bonchev–Trinajstić information content (AvgIpc) is 3.21. The fourth-order valence-corrected chi connectivity index (χ4v) is 4.95. The summed E-state index contributed by atoms with van der Waals surface area (Å²) in [4.78, 5) is 12.7. The number of rotatable bonds is 5. The molecule has 1 fully saturated rings. The Morgan fingerprint density at radius 2 is 1.93 bits per heavy atom. The van der Waals surface area contributed by atoms with Gasteiger partial charge < -0.3 is 14.6 Å². The van der Waals surface area contributed by atoms with Gasteiger partial charge in [0.1, 0.15) is 11.5 Å². The minimum atomic E-state index is -3.50. The molecule has 0 aliphatic carbocycles. The van der Waals surface area contributed by atoms with Gasteiger partial charge in [0, 0.05) is 25.5 Å². The van der Waals surface area contributed by atoms with Crippen LogP contribution in [-0.2, 0) is 21.6 Å². The number of aryl methyl sites for hydroxylation is 3. The number of halogens is 1. The van der Waals surface area contributed by atoms with Crippen molar-refractivity contribution in [2.45, 2.75) is 25.2 Å². The summed E-state index contributed by atoms with van der Waals surface area (Å²) in [5.41, 5.74) is 1.54. The van der Waals surface area contributed by atoms with Gasteiger partial charge in [-0.2, -0.15) is 13.5 Å². The molecule has 0 bridgehead atoms. The molecule has 2 aromatic rings. The van der Waals surface area contributed by atoms with Crippen molar-refractivity contribution in [2.24, 2.45) is 13.0 Å². The normalized spacial score (nSPS) is 16.6. The highest BCUT2D eigenvalue weighted by atomic mass is 32.2. The molecule has 3 rings (SSSR count). The average molecular weight is 429 g/mol. The van der Waals surface area contributed by atoms with Gasteiger partial charge in [-0.15, -0.1) is 0 Å².